The van der Waals surface area contributed by atoms with Crippen LogP contribution in [0.3, 0.4) is 0 Å². The van der Waals surface area contributed by atoms with Crippen LogP contribution in [0.2, 0.25) is 0 Å². The van der Waals surface area contributed by atoms with Gasteiger partial charge in [-0.15, -0.1) is 0 Å². The summed E-state index contributed by atoms with van der Waals surface area (Å²) in [7, 11) is 0. The molecule has 0 bridgehead atoms. The van der Waals surface area contributed by atoms with Crippen LogP contribution < -0.4 is 0 Å². The molecular formula is C36H56O9. The zero-order valence-corrected chi connectivity index (χ0v) is 28.2. The topological polar surface area (TPSA) is 154 Å². The lowest BCUT2D eigenvalue weighted by molar-refractivity contribution is -0.324. The van der Waals surface area contributed by atoms with E-state index in [-0.39, 0.29) is 39.1 Å². The summed E-state index contributed by atoms with van der Waals surface area (Å²) in [6, 6.07) is 0. The molecule has 0 aromatic carbocycles. The summed E-state index contributed by atoms with van der Waals surface area (Å²) in [6.45, 7) is 16.4. The molecule has 254 valence electrons. The maximum absolute atomic E-state index is 12.9. The molecule has 6 rings (SSSR count). The van der Waals surface area contributed by atoms with Crippen LogP contribution in [0.4, 0.5) is 0 Å². The van der Waals surface area contributed by atoms with Crippen molar-refractivity contribution >= 4 is 11.9 Å². The van der Waals surface area contributed by atoms with Crippen LogP contribution in [0.25, 0.3) is 0 Å². The standard InChI is InChI=1S/C36H56O9/c1-31(2)14-16-36(30(42)43)17-15-34(6)19(20(36)18-31)8-9-22-33(5)12-11-23(32(3,4)21(33)10-13-35(22,34)7)44-29-26(39)24(37)25(38)27(45-29)28(40)41/h8,20-27,29,37-39H,9-18H2,1-7H3,(H,40,41)(H,42,43)/t20-,21-,22+,23-,24?,25-,26-,27?,29+,33-,34+,35+,36-/m0/s1. The summed E-state index contributed by atoms with van der Waals surface area (Å²) in [5.74, 6) is -1.24. The monoisotopic (exact) mass is 632 g/mol. The third-order valence-electron chi connectivity index (χ3n) is 15.1. The molecule has 45 heavy (non-hydrogen) atoms. The molecular weight excluding hydrogens is 576 g/mol. The minimum Gasteiger partial charge on any atom is -0.481 e. The molecule has 5 aliphatic carbocycles. The molecule has 0 spiro atoms. The van der Waals surface area contributed by atoms with Crippen molar-refractivity contribution in [1.82, 2.24) is 0 Å². The van der Waals surface area contributed by atoms with Gasteiger partial charge in [0.05, 0.1) is 11.5 Å². The molecule has 1 heterocycles. The van der Waals surface area contributed by atoms with Gasteiger partial charge >= 0.3 is 11.9 Å². The Labute approximate surface area is 267 Å². The molecule has 0 aromatic rings. The van der Waals surface area contributed by atoms with E-state index in [1.165, 1.54) is 5.57 Å². The first kappa shape index (κ1) is 33.4. The zero-order chi connectivity index (χ0) is 33.1. The van der Waals surface area contributed by atoms with E-state index in [1.807, 2.05) is 0 Å². The lowest BCUT2D eigenvalue weighted by Gasteiger charge is -2.71. The highest BCUT2D eigenvalue weighted by Crippen LogP contribution is 2.76. The first-order chi connectivity index (χ1) is 20.7. The Morgan fingerprint density at radius 3 is 2.13 bits per heavy atom. The number of carbonyl (C=O) groups is 2. The highest BCUT2D eigenvalue weighted by Gasteiger charge is 2.69. The second-order valence-corrected chi connectivity index (χ2v) is 17.9. The molecule has 0 aromatic heterocycles. The van der Waals surface area contributed by atoms with Gasteiger partial charge in [-0.25, -0.2) is 4.79 Å². The number of aliphatic hydroxyl groups excluding tert-OH is 3. The second-order valence-electron chi connectivity index (χ2n) is 17.9. The Balaban J connectivity index is 1.29. The van der Waals surface area contributed by atoms with Gasteiger partial charge in [-0.05, 0) is 109 Å². The minimum absolute atomic E-state index is 0.0000841. The zero-order valence-electron chi connectivity index (χ0n) is 28.2. The number of carboxylic acid groups (broad SMARTS) is 2. The summed E-state index contributed by atoms with van der Waals surface area (Å²) in [5.41, 5.74) is 0.508. The van der Waals surface area contributed by atoms with E-state index in [9.17, 15) is 35.1 Å². The Bertz CT molecular complexity index is 1260. The van der Waals surface area contributed by atoms with Gasteiger partial charge in [0.1, 0.15) is 18.3 Å². The van der Waals surface area contributed by atoms with Gasteiger partial charge in [-0.3, -0.25) is 4.79 Å². The Hall–Kier alpha value is -1.52. The van der Waals surface area contributed by atoms with E-state index in [4.69, 9.17) is 9.47 Å². The van der Waals surface area contributed by atoms with Crippen molar-refractivity contribution in [3.63, 3.8) is 0 Å². The van der Waals surface area contributed by atoms with E-state index in [2.05, 4.69) is 54.5 Å². The fraction of sp³-hybridized carbons (Fsp3) is 0.889. The summed E-state index contributed by atoms with van der Waals surface area (Å²) >= 11 is 0. The Morgan fingerprint density at radius 1 is 0.822 bits per heavy atom. The van der Waals surface area contributed by atoms with E-state index in [0.717, 1.165) is 57.8 Å². The maximum Gasteiger partial charge on any atom is 0.335 e. The van der Waals surface area contributed by atoms with Crippen molar-refractivity contribution in [2.24, 2.45) is 50.2 Å². The van der Waals surface area contributed by atoms with Gasteiger partial charge in [-0.1, -0.05) is 60.1 Å². The largest absolute Gasteiger partial charge is 0.481 e. The third-order valence-corrected chi connectivity index (χ3v) is 15.1. The molecule has 9 heteroatoms. The van der Waals surface area contributed by atoms with E-state index < -0.39 is 48.1 Å². The van der Waals surface area contributed by atoms with Gasteiger partial charge in [0, 0.05) is 0 Å². The van der Waals surface area contributed by atoms with E-state index >= 15 is 0 Å². The second kappa shape index (κ2) is 10.5. The van der Waals surface area contributed by atoms with Crippen molar-refractivity contribution in [1.29, 1.82) is 0 Å². The lowest BCUT2D eigenvalue weighted by Crippen LogP contribution is -2.66. The van der Waals surface area contributed by atoms with Gasteiger partial charge < -0.3 is 35.0 Å². The van der Waals surface area contributed by atoms with Crippen molar-refractivity contribution in [2.75, 3.05) is 0 Å². The number of allylic oxidation sites excluding steroid dienone is 2. The Morgan fingerprint density at radius 2 is 1.49 bits per heavy atom. The summed E-state index contributed by atoms with van der Waals surface area (Å²) < 4.78 is 11.9. The van der Waals surface area contributed by atoms with Crippen LogP contribution in [0.15, 0.2) is 11.6 Å². The molecule has 6 aliphatic rings. The molecule has 0 amide bonds. The predicted octanol–water partition coefficient (Wildman–Crippen LogP) is 5.15. The lowest BCUT2D eigenvalue weighted by atomic mass is 9.33. The fourth-order valence-corrected chi connectivity index (χ4v) is 12.2. The number of hydrogen-bond donors (Lipinski definition) is 5. The number of rotatable bonds is 4. The molecule has 0 radical (unpaired) electrons. The first-order valence-corrected chi connectivity index (χ1v) is 17.3. The minimum atomic E-state index is -1.75. The van der Waals surface area contributed by atoms with Crippen LogP contribution in [0, 0.1) is 50.2 Å². The van der Waals surface area contributed by atoms with Crippen molar-refractivity contribution < 1.29 is 44.6 Å². The van der Waals surface area contributed by atoms with E-state index in [0.29, 0.717) is 18.3 Å². The third kappa shape index (κ3) is 4.57. The molecule has 5 fully saturated rings. The number of carboxylic acids is 2. The molecule has 5 N–H and O–H groups in total. The normalized spacial score (nSPS) is 51.9. The first-order valence-electron chi connectivity index (χ1n) is 17.3. The SMILES string of the molecule is CC1(C)CC[C@]2(C(=O)O)CC[C@]3(C)C(=CC[C@@H]4[C@@]5(C)CC[C@H](O[C@@H]6OC(C(=O)O)[C@@H](O)C(O)[C@@H]6O)C(C)(C)[C@@H]5CC[C@]43C)[C@@H]2C1. The van der Waals surface area contributed by atoms with Crippen LogP contribution in [-0.4, -0.2) is 74.3 Å². The molecule has 9 nitrogen and oxygen atoms in total. The molecule has 4 saturated carbocycles. The average molecular weight is 633 g/mol. The quantitative estimate of drug-likeness (QED) is 0.209. The van der Waals surface area contributed by atoms with Gasteiger partial charge in [-0.2, -0.15) is 0 Å². The van der Waals surface area contributed by atoms with Crippen LogP contribution >= 0.6 is 0 Å². The number of aliphatic hydroxyl groups is 3. The summed E-state index contributed by atoms with van der Waals surface area (Å²) in [6.07, 6.45) is 2.94. The maximum atomic E-state index is 12.9. The predicted molar refractivity (Wildman–Crippen MR) is 166 cm³/mol. The summed E-state index contributed by atoms with van der Waals surface area (Å²) in [4.78, 5) is 24.6. The summed E-state index contributed by atoms with van der Waals surface area (Å²) in [5, 5.41) is 51.4. The Kier molecular flexibility index (Phi) is 7.78. The smallest absolute Gasteiger partial charge is 0.335 e. The van der Waals surface area contributed by atoms with Crippen LogP contribution in [-0.2, 0) is 19.1 Å². The van der Waals surface area contributed by atoms with Crippen LogP contribution in [0.5, 0.6) is 0 Å². The molecule has 1 saturated heterocycles. The molecule has 1 aliphatic heterocycles. The van der Waals surface area contributed by atoms with Gasteiger partial charge in [0.25, 0.3) is 0 Å². The van der Waals surface area contributed by atoms with Crippen molar-refractivity contribution in [3.8, 4) is 0 Å². The fourth-order valence-electron chi connectivity index (χ4n) is 12.2. The molecule has 2 unspecified atom stereocenters. The van der Waals surface area contributed by atoms with E-state index in [1.54, 1.807) is 0 Å². The van der Waals surface area contributed by atoms with Gasteiger partial charge in [0.2, 0.25) is 0 Å². The highest BCUT2D eigenvalue weighted by atomic mass is 16.7. The number of hydrogen-bond acceptors (Lipinski definition) is 7. The number of aliphatic carboxylic acids is 2. The van der Waals surface area contributed by atoms with Gasteiger partial charge in [0.15, 0.2) is 12.4 Å². The molecule has 13 atom stereocenters. The van der Waals surface area contributed by atoms with Crippen molar-refractivity contribution in [3.05, 3.63) is 11.6 Å². The number of ether oxygens (including phenoxy) is 2. The van der Waals surface area contributed by atoms with Crippen LogP contribution in [0.1, 0.15) is 113 Å². The highest BCUT2D eigenvalue weighted by molar-refractivity contribution is 5.76. The number of fused-ring (bicyclic) bond motifs is 7. The average Bonchev–Trinajstić information content (AvgIpc) is 2.94. The van der Waals surface area contributed by atoms with Crippen molar-refractivity contribution in [2.45, 2.75) is 149 Å².